The second-order valence-corrected chi connectivity index (χ2v) is 6.15. The van der Waals surface area contributed by atoms with Gasteiger partial charge in [0.2, 0.25) is 0 Å². The van der Waals surface area contributed by atoms with E-state index in [2.05, 4.69) is 10.6 Å². The fourth-order valence-corrected chi connectivity index (χ4v) is 2.63. The molecule has 4 nitrogen and oxygen atoms in total. The summed E-state index contributed by atoms with van der Waals surface area (Å²) in [5.41, 5.74) is 1.54. The van der Waals surface area contributed by atoms with Crippen LogP contribution in [0.1, 0.15) is 26.3 Å². The SMILES string of the molecule is O=C(NCCc1ccc(F)cc1)c1cccc(C(=O)Nc2ccccc2F)c1. The van der Waals surface area contributed by atoms with Crippen LogP contribution in [-0.2, 0) is 6.42 Å². The van der Waals surface area contributed by atoms with Crippen molar-refractivity contribution in [3.05, 3.63) is 101 Å². The number of anilines is 1. The summed E-state index contributed by atoms with van der Waals surface area (Å²) in [4.78, 5) is 24.6. The minimum atomic E-state index is -0.537. The number of benzene rings is 3. The standard InChI is InChI=1S/C22H18F2N2O2/c23-18-10-8-15(9-11-18)12-13-25-21(27)16-4-3-5-17(14-16)22(28)26-20-7-2-1-6-19(20)24/h1-11,14H,12-13H2,(H,25,27)(H,26,28). The van der Waals surface area contributed by atoms with E-state index in [1.165, 1.54) is 36.4 Å². The third-order valence-corrected chi connectivity index (χ3v) is 4.12. The maximum absolute atomic E-state index is 13.7. The molecule has 3 aromatic carbocycles. The molecule has 0 unspecified atom stereocenters. The number of nitrogens with one attached hydrogen (secondary N) is 2. The van der Waals surface area contributed by atoms with Crippen LogP contribution in [0.3, 0.4) is 0 Å². The first-order valence-corrected chi connectivity index (χ1v) is 8.71. The zero-order valence-corrected chi connectivity index (χ0v) is 14.9. The third-order valence-electron chi connectivity index (χ3n) is 4.12. The van der Waals surface area contributed by atoms with Crippen LogP contribution < -0.4 is 10.6 Å². The summed E-state index contributed by atoms with van der Waals surface area (Å²) in [5.74, 6) is -1.68. The molecule has 3 aromatic rings. The molecule has 0 saturated heterocycles. The Morgan fingerprint density at radius 3 is 2.18 bits per heavy atom. The van der Waals surface area contributed by atoms with E-state index in [1.807, 2.05) is 0 Å². The molecule has 0 spiro atoms. The summed E-state index contributed by atoms with van der Waals surface area (Å²) in [6.45, 7) is 0.371. The van der Waals surface area contributed by atoms with Crippen molar-refractivity contribution in [2.75, 3.05) is 11.9 Å². The molecule has 0 bridgehead atoms. The molecule has 0 fully saturated rings. The molecule has 0 saturated carbocycles. The average molecular weight is 380 g/mol. The van der Waals surface area contributed by atoms with E-state index < -0.39 is 11.7 Å². The molecule has 0 aliphatic carbocycles. The normalized spacial score (nSPS) is 10.4. The van der Waals surface area contributed by atoms with E-state index in [0.29, 0.717) is 18.5 Å². The molecule has 0 aromatic heterocycles. The molecule has 28 heavy (non-hydrogen) atoms. The van der Waals surface area contributed by atoms with Crippen molar-refractivity contribution in [1.29, 1.82) is 0 Å². The van der Waals surface area contributed by atoms with Crippen LogP contribution in [-0.4, -0.2) is 18.4 Å². The van der Waals surface area contributed by atoms with Crippen molar-refractivity contribution in [3.63, 3.8) is 0 Å². The first-order chi connectivity index (χ1) is 13.5. The minimum absolute atomic E-state index is 0.0710. The van der Waals surface area contributed by atoms with Crippen LogP contribution >= 0.6 is 0 Å². The average Bonchev–Trinajstić information content (AvgIpc) is 2.71. The van der Waals surface area contributed by atoms with E-state index in [4.69, 9.17) is 0 Å². The van der Waals surface area contributed by atoms with Gasteiger partial charge in [-0.25, -0.2) is 8.78 Å². The maximum Gasteiger partial charge on any atom is 0.255 e. The first kappa shape index (κ1) is 19.2. The Bertz CT molecular complexity index is 988. The van der Waals surface area contributed by atoms with Gasteiger partial charge in [-0.1, -0.05) is 30.3 Å². The van der Waals surface area contributed by atoms with E-state index in [9.17, 15) is 18.4 Å². The van der Waals surface area contributed by atoms with Gasteiger partial charge < -0.3 is 10.6 Å². The van der Waals surface area contributed by atoms with Gasteiger partial charge in [-0.15, -0.1) is 0 Å². The highest BCUT2D eigenvalue weighted by atomic mass is 19.1. The number of hydrogen-bond acceptors (Lipinski definition) is 2. The topological polar surface area (TPSA) is 58.2 Å². The van der Waals surface area contributed by atoms with Crippen LogP contribution in [0.15, 0.2) is 72.8 Å². The Morgan fingerprint density at radius 2 is 1.46 bits per heavy atom. The molecule has 2 amide bonds. The fourth-order valence-electron chi connectivity index (χ4n) is 2.63. The van der Waals surface area contributed by atoms with Gasteiger partial charge in [-0.05, 0) is 54.4 Å². The second-order valence-electron chi connectivity index (χ2n) is 6.15. The van der Waals surface area contributed by atoms with Gasteiger partial charge in [-0.2, -0.15) is 0 Å². The molecule has 3 rings (SSSR count). The van der Waals surface area contributed by atoms with Crippen LogP contribution in [0, 0.1) is 11.6 Å². The molecular formula is C22H18F2N2O2. The van der Waals surface area contributed by atoms with Crippen molar-refractivity contribution < 1.29 is 18.4 Å². The lowest BCUT2D eigenvalue weighted by molar-refractivity contribution is 0.0954. The largest absolute Gasteiger partial charge is 0.352 e. The third kappa shape index (κ3) is 5.01. The zero-order chi connectivity index (χ0) is 19.9. The molecule has 0 heterocycles. The summed E-state index contributed by atoms with van der Waals surface area (Å²) in [6, 6.07) is 18.1. The van der Waals surface area contributed by atoms with Gasteiger partial charge in [0.25, 0.3) is 11.8 Å². The van der Waals surface area contributed by atoms with Crippen molar-refractivity contribution in [1.82, 2.24) is 5.32 Å². The Hall–Kier alpha value is -3.54. The number of halogens is 2. The van der Waals surface area contributed by atoms with E-state index >= 15 is 0 Å². The summed E-state index contributed by atoms with van der Waals surface area (Å²) >= 11 is 0. The first-order valence-electron chi connectivity index (χ1n) is 8.71. The molecule has 0 atom stereocenters. The summed E-state index contributed by atoms with van der Waals surface area (Å²) in [7, 11) is 0. The predicted octanol–water partition coefficient (Wildman–Crippen LogP) is 4.19. The number of carbonyl (C=O) groups excluding carboxylic acids is 2. The number of hydrogen-bond donors (Lipinski definition) is 2. The Morgan fingerprint density at radius 1 is 0.786 bits per heavy atom. The lowest BCUT2D eigenvalue weighted by atomic mass is 10.1. The van der Waals surface area contributed by atoms with E-state index in [1.54, 1.807) is 36.4 Å². The number of para-hydroxylation sites is 1. The fraction of sp³-hybridized carbons (Fsp3) is 0.0909. The molecule has 0 aliphatic rings. The number of carbonyl (C=O) groups is 2. The van der Waals surface area contributed by atoms with Gasteiger partial charge in [0.05, 0.1) is 5.69 Å². The summed E-state index contributed by atoms with van der Waals surface area (Å²) < 4.78 is 26.6. The monoisotopic (exact) mass is 380 g/mol. The van der Waals surface area contributed by atoms with Crippen LogP contribution in [0.2, 0.25) is 0 Å². The number of rotatable bonds is 6. The highest BCUT2D eigenvalue weighted by Gasteiger charge is 2.12. The van der Waals surface area contributed by atoms with Gasteiger partial charge in [0, 0.05) is 17.7 Å². The highest BCUT2D eigenvalue weighted by molar-refractivity contribution is 6.06. The van der Waals surface area contributed by atoms with Crippen molar-refractivity contribution in [2.45, 2.75) is 6.42 Å². The molecule has 142 valence electrons. The maximum atomic E-state index is 13.7. The smallest absolute Gasteiger partial charge is 0.255 e. The molecule has 0 aliphatic heterocycles. The Kier molecular flexibility index (Phi) is 6.11. The molecule has 6 heteroatoms. The molecular weight excluding hydrogens is 362 g/mol. The highest BCUT2D eigenvalue weighted by Crippen LogP contribution is 2.15. The van der Waals surface area contributed by atoms with E-state index in [0.717, 1.165) is 5.56 Å². The second kappa shape index (κ2) is 8.90. The Labute approximate surface area is 161 Å². The van der Waals surface area contributed by atoms with Gasteiger partial charge in [0.1, 0.15) is 11.6 Å². The Balaban J connectivity index is 1.60. The molecule has 2 N–H and O–H groups in total. The van der Waals surface area contributed by atoms with Crippen LogP contribution in [0.5, 0.6) is 0 Å². The van der Waals surface area contributed by atoms with Crippen LogP contribution in [0.25, 0.3) is 0 Å². The van der Waals surface area contributed by atoms with Crippen molar-refractivity contribution >= 4 is 17.5 Å². The minimum Gasteiger partial charge on any atom is -0.352 e. The summed E-state index contributed by atoms with van der Waals surface area (Å²) in [6.07, 6.45) is 0.555. The quantitative estimate of drug-likeness (QED) is 0.674. The lowest BCUT2D eigenvalue weighted by Gasteiger charge is -2.09. The van der Waals surface area contributed by atoms with Gasteiger partial charge in [0.15, 0.2) is 0 Å². The van der Waals surface area contributed by atoms with Crippen LogP contribution in [0.4, 0.5) is 14.5 Å². The lowest BCUT2D eigenvalue weighted by Crippen LogP contribution is -2.26. The van der Waals surface area contributed by atoms with Crippen molar-refractivity contribution in [3.8, 4) is 0 Å². The van der Waals surface area contributed by atoms with Gasteiger partial charge >= 0.3 is 0 Å². The number of amides is 2. The van der Waals surface area contributed by atoms with Crippen molar-refractivity contribution in [2.24, 2.45) is 0 Å². The van der Waals surface area contributed by atoms with Gasteiger partial charge in [-0.3, -0.25) is 9.59 Å². The summed E-state index contributed by atoms with van der Waals surface area (Å²) in [5, 5.41) is 5.25. The zero-order valence-electron chi connectivity index (χ0n) is 14.9. The molecule has 0 radical (unpaired) electrons. The van der Waals surface area contributed by atoms with E-state index in [-0.39, 0.29) is 23.0 Å². The predicted molar refractivity (Wildman–Crippen MR) is 103 cm³/mol.